The first-order valence-corrected chi connectivity index (χ1v) is 5.99. The van der Waals surface area contributed by atoms with E-state index >= 15 is 0 Å². The Labute approximate surface area is 93.4 Å². The molecule has 2 unspecified atom stereocenters. The number of likely N-dealkylation sites (tertiary alicyclic amines) is 1. The van der Waals surface area contributed by atoms with E-state index in [2.05, 4.69) is 18.7 Å². The molecule has 1 aliphatic rings. The number of aliphatic hydroxyl groups is 1. The van der Waals surface area contributed by atoms with Gasteiger partial charge in [-0.1, -0.05) is 20.3 Å². The molecule has 1 fully saturated rings. The van der Waals surface area contributed by atoms with Crippen LogP contribution < -0.4 is 0 Å². The fourth-order valence-corrected chi connectivity index (χ4v) is 2.48. The van der Waals surface area contributed by atoms with E-state index in [0.717, 1.165) is 38.9 Å². The number of ether oxygens (including phenoxy) is 1. The van der Waals surface area contributed by atoms with E-state index < -0.39 is 0 Å². The third-order valence-electron chi connectivity index (χ3n) is 3.40. The predicted octanol–water partition coefficient (Wildman–Crippen LogP) is 1.51. The van der Waals surface area contributed by atoms with Gasteiger partial charge in [0, 0.05) is 38.8 Å². The zero-order valence-electron chi connectivity index (χ0n) is 10.3. The Balaban J connectivity index is 2.39. The van der Waals surface area contributed by atoms with Crippen LogP contribution >= 0.6 is 0 Å². The Bertz CT molecular complexity index is 186. The van der Waals surface area contributed by atoms with Crippen molar-refractivity contribution in [3.63, 3.8) is 0 Å². The smallest absolute Gasteiger partial charge is 0.0710 e. The lowest BCUT2D eigenvalue weighted by Gasteiger charge is -2.31. The van der Waals surface area contributed by atoms with Gasteiger partial charge < -0.3 is 14.7 Å². The van der Waals surface area contributed by atoms with Gasteiger partial charge in [0.15, 0.2) is 0 Å². The average Bonchev–Trinajstić information content (AvgIpc) is 2.66. The first-order valence-electron chi connectivity index (χ1n) is 5.99. The summed E-state index contributed by atoms with van der Waals surface area (Å²) in [5, 5.41) is 9.44. The van der Waals surface area contributed by atoms with Crippen molar-refractivity contribution in [3.8, 4) is 0 Å². The minimum absolute atomic E-state index is 0.0668. The molecule has 3 nitrogen and oxygen atoms in total. The van der Waals surface area contributed by atoms with Gasteiger partial charge in [0.2, 0.25) is 0 Å². The van der Waals surface area contributed by atoms with Gasteiger partial charge in [-0.25, -0.2) is 0 Å². The molecule has 1 heterocycles. The van der Waals surface area contributed by atoms with Crippen molar-refractivity contribution < 1.29 is 9.84 Å². The van der Waals surface area contributed by atoms with Crippen LogP contribution in [0.1, 0.15) is 33.1 Å². The Morgan fingerprint density at radius 3 is 2.73 bits per heavy atom. The van der Waals surface area contributed by atoms with Gasteiger partial charge in [0.25, 0.3) is 0 Å². The van der Waals surface area contributed by atoms with Gasteiger partial charge in [-0.3, -0.25) is 0 Å². The van der Waals surface area contributed by atoms with Crippen molar-refractivity contribution in [2.75, 3.05) is 33.4 Å². The summed E-state index contributed by atoms with van der Waals surface area (Å²) >= 11 is 0. The van der Waals surface area contributed by atoms with Gasteiger partial charge >= 0.3 is 0 Å². The second kappa shape index (κ2) is 5.83. The Morgan fingerprint density at radius 2 is 2.27 bits per heavy atom. The number of methoxy groups -OCH3 is 1. The van der Waals surface area contributed by atoms with Gasteiger partial charge in [-0.15, -0.1) is 0 Å². The normalized spacial score (nSPS) is 26.8. The van der Waals surface area contributed by atoms with E-state index in [4.69, 9.17) is 4.74 Å². The molecule has 1 rings (SSSR count). The van der Waals surface area contributed by atoms with E-state index in [9.17, 15) is 5.11 Å². The fraction of sp³-hybridized carbons (Fsp3) is 1.00. The Kier molecular flexibility index (Phi) is 5.03. The van der Waals surface area contributed by atoms with Crippen LogP contribution in [0, 0.1) is 5.41 Å². The third-order valence-corrected chi connectivity index (χ3v) is 3.40. The molecule has 90 valence electrons. The van der Waals surface area contributed by atoms with E-state index in [1.54, 1.807) is 7.11 Å². The highest BCUT2D eigenvalue weighted by Gasteiger charge is 2.30. The molecule has 1 N–H and O–H groups in total. The summed E-state index contributed by atoms with van der Waals surface area (Å²) in [4.78, 5) is 2.42. The molecule has 0 aliphatic carbocycles. The molecule has 0 saturated carbocycles. The van der Waals surface area contributed by atoms with Gasteiger partial charge in [-0.2, -0.15) is 0 Å². The summed E-state index contributed by atoms with van der Waals surface area (Å²) in [5.74, 6) is 0. The SMILES string of the molecule is CCCC(C)(CO)CN1CCC(OC)C1. The molecule has 0 bridgehead atoms. The highest BCUT2D eigenvalue weighted by atomic mass is 16.5. The van der Waals surface area contributed by atoms with E-state index in [0.29, 0.717) is 6.10 Å². The molecule has 0 radical (unpaired) electrons. The highest BCUT2D eigenvalue weighted by molar-refractivity contribution is 4.83. The molecule has 0 spiro atoms. The minimum Gasteiger partial charge on any atom is -0.396 e. The molecule has 0 aromatic heterocycles. The van der Waals surface area contributed by atoms with Gasteiger partial charge in [0.05, 0.1) is 6.10 Å². The first-order chi connectivity index (χ1) is 7.13. The summed E-state index contributed by atoms with van der Waals surface area (Å²) in [6.45, 7) is 7.77. The summed E-state index contributed by atoms with van der Waals surface area (Å²) < 4.78 is 5.35. The maximum Gasteiger partial charge on any atom is 0.0710 e. The van der Waals surface area contributed by atoms with E-state index in [1.165, 1.54) is 0 Å². The van der Waals surface area contributed by atoms with Crippen LogP contribution in [0.3, 0.4) is 0 Å². The van der Waals surface area contributed by atoms with Crippen molar-refractivity contribution >= 4 is 0 Å². The van der Waals surface area contributed by atoms with Crippen LogP contribution in [0.5, 0.6) is 0 Å². The largest absolute Gasteiger partial charge is 0.396 e. The van der Waals surface area contributed by atoms with Crippen LogP contribution in [0.25, 0.3) is 0 Å². The molecule has 1 saturated heterocycles. The van der Waals surface area contributed by atoms with E-state index in [1.807, 2.05) is 0 Å². The second-order valence-electron chi connectivity index (χ2n) is 5.10. The lowest BCUT2D eigenvalue weighted by molar-refractivity contribution is 0.0719. The number of nitrogens with zero attached hydrogens (tertiary/aromatic N) is 1. The standard InChI is InChI=1S/C12H25NO2/c1-4-6-12(2,10-14)9-13-7-5-11(8-13)15-3/h11,14H,4-10H2,1-3H3. The number of rotatable bonds is 6. The third kappa shape index (κ3) is 3.74. The quantitative estimate of drug-likeness (QED) is 0.729. The van der Waals surface area contributed by atoms with Crippen LogP contribution in [0.2, 0.25) is 0 Å². The number of hydrogen-bond acceptors (Lipinski definition) is 3. The summed E-state index contributed by atoms with van der Waals surface area (Å²) in [6, 6.07) is 0. The van der Waals surface area contributed by atoms with Gasteiger partial charge in [0.1, 0.15) is 0 Å². The van der Waals surface area contributed by atoms with Crippen LogP contribution in [-0.4, -0.2) is 49.5 Å². The zero-order valence-corrected chi connectivity index (χ0v) is 10.3. The molecule has 3 heteroatoms. The summed E-state index contributed by atoms with van der Waals surface area (Å²) in [6.07, 6.45) is 3.76. The van der Waals surface area contributed by atoms with Crippen molar-refractivity contribution in [2.45, 2.75) is 39.2 Å². The fourth-order valence-electron chi connectivity index (χ4n) is 2.48. The number of hydrogen-bond donors (Lipinski definition) is 1. The zero-order chi connectivity index (χ0) is 11.3. The molecule has 1 aliphatic heterocycles. The minimum atomic E-state index is 0.0668. The molecule has 2 atom stereocenters. The van der Waals surface area contributed by atoms with Crippen LogP contribution in [-0.2, 0) is 4.74 Å². The van der Waals surface area contributed by atoms with Crippen molar-refractivity contribution in [1.29, 1.82) is 0 Å². The van der Waals surface area contributed by atoms with Gasteiger partial charge in [-0.05, 0) is 12.8 Å². The monoisotopic (exact) mass is 215 g/mol. The molecule has 0 amide bonds. The maximum absolute atomic E-state index is 9.44. The summed E-state index contributed by atoms with van der Waals surface area (Å²) in [7, 11) is 1.78. The topological polar surface area (TPSA) is 32.7 Å². The molecule has 15 heavy (non-hydrogen) atoms. The Morgan fingerprint density at radius 1 is 1.53 bits per heavy atom. The first kappa shape index (κ1) is 12.9. The molecule has 0 aromatic rings. The van der Waals surface area contributed by atoms with E-state index in [-0.39, 0.29) is 12.0 Å². The Hall–Kier alpha value is -0.120. The lowest BCUT2D eigenvalue weighted by atomic mass is 9.86. The summed E-state index contributed by atoms with van der Waals surface area (Å²) in [5.41, 5.74) is 0.0668. The molecular formula is C12H25NO2. The van der Waals surface area contributed by atoms with Crippen molar-refractivity contribution in [1.82, 2.24) is 4.90 Å². The number of aliphatic hydroxyl groups excluding tert-OH is 1. The van der Waals surface area contributed by atoms with Crippen molar-refractivity contribution in [3.05, 3.63) is 0 Å². The molecular weight excluding hydrogens is 190 g/mol. The average molecular weight is 215 g/mol. The van der Waals surface area contributed by atoms with Crippen LogP contribution in [0.15, 0.2) is 0 Å². The van der Waals surface area contributed by atoms with Crippen LogP contribution in [0.4, 0.5) is 0 Å². The predicted molar refractivity (Wildman–Crippen MR) is 62.0 cm³/mol. The second-order valence-corrected chi connectivity index (χ2v) is 5.10. The lowest BCUT2D eigenvalue weighted by Crippen LogP contribution is -2.37. The molecule has 0 aromatic carbocycles. The maximum atomic E-state index is 9.44. The van der Waals surface area contributed by atoms with Crippen molar-refractivity contribution in [2.24, 2.45) is 5.41 Å². The highest BCUT2D eigenvalue weighted by Crippen LogP contribution is 2.26.